The lowest BCUT2D eigenvalue weighted by Crippen LogP contribution is -2.29. The first-order valence-electron chi connectivity index (χ1n) is 8.42. The number of fused-ring (bicyclic) bond motifs is 1. The van der Waals surface area contributed by atoms with E-state index < -0.39 is 0 Å². The first-order valence-corrected chi connectivity index (χ1v) is 8.42. The monoisotopic (exact) mass is 324 g/mol. The van der Waals surface area contributed by atoms with Crippen LogP contribution in [0.2, 0.25) is 0 Å². The average Bonchev–Trinajstić information content (AvgIpc) is 3.33. The van der Waals surface area contributed by atoms with Gasteiger partial charge in [0.2, 0.25) is 0 Å². The van der Waals surface area contributed by atoms with Gasteiger partial charge in [-0.05, 0) is 37.1 Å². The van der Waals surface area contributed by atoms with E-state index in [0.717, 1.165) is 42.8 Å². The number of aryl methyl sites for hydroxylation is 1. The highest BCUT2D eigenvalue weighted by Crippen LogP contribution is 2.28. The zero-order valence-electron chi connectivity index (χ0n) is 13.7. The second-order valence-corrected chi connectivity index (χ2v) is 6.17. The summed E-state index contributed by atoms with van der Waals surface area (Å²) in [5.41, 5.74) is 1.84. The number of furan rings is 1. The van der Waals surface area contributed by atoms with Gasteiger partial charge >= 0.3 is 0 Å². The molecule has 0 N–H and O–H groups in total. The summed E-state index contributed by atoms with van der Waals surface area (Å²) in [4.78, 5) is 23.6. The molecule has 0 saturated carbocycles. The number of rotatable bonds is 4. The molecule has 0 spiro atoms. The second kappa shape index (κ2) is 6.11. The number of hydrogen-bond acceptors (Lipinski definition) is 4. The van der Waals surface area contributed by atoms with E-state index in [2.05, 4.69) is 16.5 Å². The summed E-state index contributed by atoms with van der Waals surface area (Å²) >= 11 is 0. The van der Waals surface area contributed by atoms with Crippen molar-refractivity contribution in [1.82, 2.24) is 19.4 Å². The minimum atomic E-state index is -0.0445. The summed E-state index contributed by atoms with van der Waals surface area (Å²) in [5, 5.41) is 0. The van der Waals surface area contributed by atoms with Gasteiger partial charge in [0.1, 0.15) is 11.3 Å². The van der Waals surface area contributed by atoms with Crippen molar-refractivity contribution < 1.29 is 9.21 Å². The Balaban J connectivity index is 1.64. The van der Waals surface area contributed by atoms with Crippen LogP contribution in [0.3, 0.4) is 0 Å². The molecule has 0 radical (unpaired) electrons. The SMILES string of the molecule is CCCc1nc2cccnc2n1C1CCN(C(=O)c2ccco2)C1. The standard InChI is InChI=1S/C18H20N4O2/c1-2-5-16-20-14-6-3-9-19-17(14)22(16)13-8-10-21(12-13)18(23)15-7-4-11-24-15/h3-4,6-7,9,11,13H,2,5,8,10,12H2,1H3. The van der Waals surface area contributed by atoms with Gasteiger partial charge in [-0.3, -0.25) is 4.79 Å². The molecule has 0 aliphatic carbocycles. The second-order valence-electron chi connectivity index (χ2n) is 6.17. The molecule has 1 fully saturated rings. The van der Waals surface area contributed by atoms with E-state index in [1.807, 2.05) is 17.0 Å². The van der Waals surface area contributed by atoms with Crippen LogP contribution < -0.4 is 0 Å². The molecule has 1 amide bonds. The Morgan fingerprint density at radius 1 is 1.38 bits per heavy atom. The summed E-state index contributed by atoms with van der Waals surface area (Å²) in [5.74, 6) is 1.42. The molecule has 3 aromatic rings. The Labute approximate surface area is 140 Å². The fraction of sp³-hybridized carbons (Fsp3) is 0.389. The Kier molecular flexibility index (Phi) is 3.80. The molecule has 3 aromatic heterocycles. The quantitative estimate of drug-likeness (QED) is 0.740. The van der Waals surface area contributed by atoms with Crippen molar-refractivity contribution in [2.75, 3.05) is 13.1 Å². The van der Waals surface area contributed by atoms with Gasteiger partial charge in [0, 0.05) is 25.7 Å². The van der Waals surface area contributed by atoms with Crippen LogP contribution in [0.15, 0.2) is 41.1 Å². The minimum absolute atomic E-state index is 0.0445. The van der Waals surface area contributed by atoms with Gasteiger partial charge in [0.15, 0.2) is 11.4 Å². The maximum absolute atomic E-state index is 12.5. The Morgan fingerprint density at radius 2 is 2.29 bits per heavy atom. The molecular formula is C18H20N4O2. The first kappa shape index (κ1) is 14.9. The highest BCUT2D eigenvalue weighted by Gasteiger charge is 2.31. The topological polar surface area (TPSA) is 64.2 Å². The third-order valence-corrected chi connectivity index (χ3v) is 4.54. The van der Waals surface area contributed by atoms with Crippen molar-refractivity contribution in [3.8, 4) is 0 Å². The normalized spacial score (nSPS) is 17.7. The van der Waals surface area contributed by atoms with Crippen LogP contribution in [-0.4, -0.2) is 38.4 Å². The number of imidazole rings is 1. The van der Waals surface area contributed by atoms with Crippen molar-refractivity contribution >= 4 is 17.1 Å². The van der Waals surface area contributed by atoms with Crippen molar-refractivity contribution in [3.05, 3.63) is 48.3 Å². The van der Waals surface area contributed by atoms with Crippen molar-refractivity contribution in [3.63, 3.8) is 0 Å². The van der Waals surface area contributed by atoms with Crippen molar-refractivity contribution in [1.29, 1.82) is 0 Å². The van der Waals surface area contributed by atoms with Crippen LogP contribution in [0.1, 0.15) is 42.2 Å². The summed E-state index contributed by atoms with van der Waals surface area (Å²) in [7, 11) is 0. The number of pyridine rings is 1. The van der Waals surface area contributed by atoms with E-state index in [0.29, 0.717) is 12.3 Å². The van der Waals surface area contributed by atoms with E-state index in [-0.39, 0.29) is 11.9 Å². The third kappa shape index (κ3) is 2.48. The zero-order chi connectivity index (χ0) is 16.5. The summed E-state index contributed by atoms with van der Waals surface area (Å²) < 4.78 is 7.47. The van der Waals surface area contributed by atoms with Crippen LogP contribution in [-0.2, 0) is 6.42 Å². The predicted molar refractivity (Wildman–Crippen MR) is 89.8 cm³/mol. The van der Waals surface area contributed by atoms with Gasteiger partial charge in [0.05, 0.1) is 12.3 Å². The molecule has 6 heteroatoms. The Hall–Kier alpha value is -2.63. The van der Waals surface area contributed by atoms with Gasteiger partial charge in [0.25, 0.3) is 5.91 Å². The smallest absolute Gasteiger partial charge is 0.289 e. The van der Waals surface area contributed by atoms with Crippen LogP contribution in [0.25, 0.3) is 11.2 Å². The maximum atomic E-state index is 12.5. The number of amides is 1. The van der Waals surface area contributed by atoms with Gasteiger partial charge in [-0.1, -0.05) is 6.92 Å². The molecule has 6 nitrogen and oxygen atoms in total. The molecule has 1 saturated heterocycles. The number of aromatic nitrogens is 3. The van der Waals surface area contributed by atoms with Gasteiger partial charge < -0.3 is 13.9 Å². The lowest BCUT2D eigenvalue weighted by molar-refractivity contribution is 0.0756. The molecule has 24 heavy (non-hydrogen) atoms. The molecule has 1 unspecified atom stereocenters. The molecule has 0 bridgehead atoms. The number of carbonyl (C=O) groups is 1. The van der Waals surface area contributed by atoms with Gasteiger partial charge in [-0.15, -0.1) is 0 Å². The molecule has 1 aliphatic heterocycles. The molecule has 124 valence electrons. The highest BCUT2D eigenvalue weighted by molar-refractivity contribution is 5.91. The summed E-state index contributed by atoms with van der Waals surface area (Å²) in [6.45, 7) is 3.54. The van der Waals surface area contributed by atoms with Crippen LogP contribution in [0.5, 0.6) is 0 Å². The van der Waals surface area contributed by atoms with E-state index in [1.165, 1.54) is 6.26 Å². The number of likely N-dealkylation sites (tertiary alicyclic amines) is 1. The van der Waals surface area contributed by atoms with Crippen molar-refractivity contribution in [2.24, 2.45) is 0 Å². The molecule has 4 rings (SSSR count). The van der Waals surface area contributed by atoms with Gasteiger partial charge in [-0.2, -0.15) is 0 Å². The lowest BCUT2D eigenvalue weighted by Gasteiger charge is -2.18. The van der Waals surface area contributed by atoms with Crippen molar-refractivity contribution in [2.45, 2.75) is 32.2 Å². The van der Waals surface area contributed by atoms with E-state index in [9.17, 15) is 4.79 Å². The third-order valence-electron chi connectivity index (χ3n) is 4.54. The minimum Gasteiger partial charge on any atom is -0.459 e. The molecular weight excluding hydrogens is 304 g/mol. The molecule has 1 atom stereocenters. The first-order chi connectivity index (χ1) is 11.8. The highest BCUT2D eigenvalue weighted by atomic mass is 16.3. The number of hydrogen-bond donors (Lipinski definition) is 0. The summed E-state index contributed by atoms with van der Waals surface area (Å²) in [6, 6.07) is 7.58. The number of nitrogens with zero attached hydrogens (tertiary/aromatic N) is 4. The van der Waals surface area contributed by atoms with E-state index >= 15 is 0 Å². The maximum Gasteiger partial charge on any atom is 0.289 e. The molecule has 4 heterocycles. The Morgan fingerprint density at radius 3 is 3.08 bits per heavy atom. The Bertz CT molecular complexity index is 853. The van der Waals surface area contributed by atoms with E-state index in [1.54, 1.807) is 18.3 Å². The zero-order valence-corrected chi connectivity index (χ0v) is 13.7. The predicted octanol–water partition coefficient (Wildman–Crippen LogP) is 3.06. The molecule has 1 aliphatic rings. The molecule has 0 aromatic carbocycles. The summed E-state index contributed by atoms with van der Waals surface area (Å²) in [6.07, 6.45) is 6.19. The van der Waals surface area contributed by atoms with Gasteiger partial charge in [-0.25, -0.2) is 9.97 Å². The average molecular weight is 324 g/mol. The lowest BCUT2D eigenvalue weighted by atomic mass is 10.2. The number of carbonyl (C=O) groups excluding carboxylic acids is 1. The van der Waals surface area contributed by atoms with E-state index in [4.69, 9.17) is 9.40 Å². The largest absolute Gasteiger partial charge is 0.459 e. The van der Waals surface area contributed by atoms with Crippen LogP contribution >= 0.6 is 0 Å². The van der Waals surface area contributed by atoms with Crippen LogP contribution in [0.4, 0.5) is 0 Å². The van der Waals surface area contributed by atoms with Crippen LogP contribution in [0, 0.1) is 0 Å². The fourth-order valence-electron chi connectivity index (χ4n) is 3.45. The fourth-order valence-corrected chi connectivity index (χ4v) is 3.45.